The summed E-state index contributed by atoms with van der Waals surface area (Å²) in [6.07, 6.45) is 7.02. The Balaban J connectivity index is 0.920. The smallest absolute Gasteiger partial charge is 0.0547 e. The maximum atomic E-state index is 2.61. The lowest BCUT2D eigenvalue weighted by molar-refractivity contribution is -0.175. The first kappa shape index (κ1) is 35.3. The molecular formula is C62H46N2. The number of anilines is 3. The first-order valence-electron chi connectivity index (χ1n) is 23.5. The molecule has 15 rings (SSSR count). The van der Waals surface area contributed by atoms with Crippen molar-refractivity contribution in [2.24, 2.45) is 23.2 Å². The molecule has 4 aliphatic carbocycles. The lowest BCUT2D eigenvalue weighted by Crippen LogP contribution is -2.59. The molecule has 2 bridgehead atoms. The molecule has 64 heavy (non-hydrogen) atoms. The molecular weight excluding hydrogens is 773 g/mol. The number of hydrogen-bond acceptors (Lipinski definition) is 1. The molecule has 10 aromatic carbocycles. The number of hydrogen-bond donors (Lipinski definition) is 0. The van der Waals surface area contributed by atoms with Crippen molar-refractivity contribution in [3.8, 4) is 16.8 Å². The molecule has 4 aliphatic rings. The number of benzene rings is 10. The van der Waals surface area contributed by atoms with Crippen molar-refractivity contribution in [3.63, 3.8) is 0 Å². The van der Waals surface area contributed by atoms with Crippen molar-refractivity contribution in [1.82, 2.24) is 4.57 Å². The molecule has 2 heteroatoms. The van der Waals surface area contributed by atoms with Gasteiger partial charge in [-0.3, -0.25) is 0 Å². The molecule has 2 atom stereocenters. The van der Waals surface area contributed by atoms with Crippen molar-refractivity contribution in [1.29, 1.82) is 0 Å². The molecule has 4 fully saturated rings. The first-order valence-corrected chi connectivity index (χ1v) is 23.5. The third kappa shape index (κ3) is 4.55. The fraction of sp³-hybridized carbons (Fsp3) is 0.161. The molecule has 2 nitrogen and oxygen atoms in total. The number of aromatic nitrogens is 1. The van der Waals surface area contributed by atoms with Crippen LogP contribution in [0.3, 0.4) is 0 Å². The minimum Gasteiger partial charge on any atom is -0.310 e. The molecule has 1 spiro atoms. The molecule has 1 heterocycles. The Morgan fingerprint density at radius 1 is 0.438 bits per heavy atom. The Morgan fingerprint density at radius 3 is 1.77 bits per heavy atom. The van der Waals surface area contributed by atoms with Gasteiger partial charge in [0, 0.05) is 33.4 Å². The van der Waals surface area contributed by atoms with Gasteiger partial charge in [-0.1, -0.05) is 152 Å². The summed E-state index contributed by atoms with van der Waals surface area (Å²) < 4.78 is 2.48. The minimum absolute atomic E-state index is 0.252. The Morgan fingerprint density at radius 2 is 1.03 bits per heavy atom. The Labute approximate surface area is 373 Å². The zero-order chi connectivity index (χ0) is 41.7. The average Bonchev–Trinajstić information content (AvgIpc) is 3.98. The van der Waals surface area contributed by atoms with Crippen LogP contribution in [0, 0.1) is 23.2 Å². The van der Waals surface area contributed by atoms with Crippen LogP contribution in [0.25, 0.3) is 81.7 Å². The standard InChI is InChI=1S/C62H46N2/c1-2-15-47-39(13-1)27-32-59-60(47)53-20-8-11-23-57(53)64(59)56-22-10-7-14-46(56)40-25-28-44(29-26-40)63(58-24-12-9-21-55(58)61-36-42-33-41-34-43(37-61)62(41,42)38-61)45-30-31-52-50-18-4-3-16-48(50)49-17-5-6-19-51(49)54(52)35-45/h1-32,35,41-43H,33-34,36-38H2. The van der Waals surface area contributed by atoms with Gasteiger partial charge in [-0.15, -0.1) is 0 Å². The van der Waals surface area contributed by atoms with Crippen molar-refractivity contribution < 1.29 is 0 Å². The SMILES string of the molecule is c1ccc(-n2c3ccccc3c3c4ccccc4ccc32)c(-c2ccc(N(c3ccc4c5ccccc5c5ccccc5c4c3)c3ccccc3C34CC5CC6CC(C3)C65C4)cc2)c1. The molecule has 1 aromatic heterocycles. The summed E-state index contributed by atoms with van der Waals surface area (Å²) in [6.45, 7) is 0. The third-order valence-electron chi connectivity index (χ3n) is 17.2. The molecule has 0 amide bonds. The predicted molar refractivity (Wildman–Crippen MR) is 269 cm³/mol. The normalized spacial score (nSPS) is 23.0. The highest BCUT2D eigenvalue weighted by molar-refractivity contribution is 6.26. The number of fused-ring (bicyclic) bond motifs is 12. The van der Waals surface area contributed by atoms with E-state index in [4.69, 9.17) is 0 Å². The highest BCUT2D eigenvalue weighted by Gasteiger charge is 2.77. The van der Waals surface area contributed by atoms with Crippen LogP contribution in [-0.4, -0.2) is 4.57 Å². The Bertz CT molecular complexity index is 3710. The van der Waals surface area contributed by atoms with E-state index in [1.165, 1.54) is 131 Å². The summed E-state index contributed by atoms with van der Waals surface area (Å²) in [5.74, 6) is 2.81. The van der Waals surface area contributed by atoms with Gasteiger partial charge in [0.05, 0.1) is 16.7 Å². The van der Waals surface area contributed by atoms with Gasteiger partial charge in [0.15, 0.2) is 0 Å². The summed E-state index contributed by atoms with van der Waals surface area (Å²) in [6, 6.07) is 75.5. The quantitative estimate of drug-likeness (QED) is 0.152. The van der Waals surface area contributed by atoms with Crippen LogP contribution in [0.2, 0.25) is 0 Å². The van der Waals surface area contributed by atoms with Gasteiger partial charge in [-0.05, 0) is 163 Å². The zero-order valence-corrected chi connectivity index (χ0v) is 35.7. The van der Waals surface area contributed by atoms with Gasteiger partial charge in [0.2, 0.25) is 0 Å². The van der Waals surface area contributed by atoms with E-state index in [1.54, 1.807) is 5.56 Å². The minimum atomic E-state index is 0.252. The molecule has 0 N–H and O–H groups in total. The van der Waals surface area contributed by atoms with Gasteiger partial charge in [0.1, 0.15) is 0 Å². The van der Waals surface area contributed by atoms with E-state index < -0.39 is 0 Å². The fourth-order valence-corrected chi connectivity index (χ4v) is 14.7. The number of rotatable bonds is 6. The van der Waals surface area contributed by atoms with Gasteiger partial charge in [-0.25, -0.2) is 0 Å². The highest BCUT2D eigenvalue weighted by atomic mass is 15.1. The molecule has 304 valence electrons. The van der Waals surface area contributed by atoms with E-state index in [9.17, 15) is 0 Å². The summed E-state index contributed by atoms with van der Waals surface area (Å²) in [5, 5.41) is 13.0. The van der Waals surface area contributed by atoms with Crippen molar-refractivity contribution >= 4 is 82.0 Å². The highest BCUT2D eigenvalue weighted by Crippen LogP contribution is 2.84. The summed E-state index contributed by atoms with van der Waals surface area (Å²) in [4.78, 5) is 2.61. The van der Waals surface area contributed by atoms with Gasteiger partial charge in [-0.2, -0.15) is 0 Å². The second-order valence-electron chi connectivity index (χ2n) is 19.8. The average molecular weight is 819 g/mol. The third-order valence-corrected chi connectivity index (χ3v) is 17.2. The molecule has 0 saturated heterocycles. The van der Waals surface area contributed by atoms with Crippen LogP contribution in [0.1, 0.15) is 37.7 Å². The van der Waals surface area contributed by atoms with E-state index >= 15 is 0 Å². The Kier molecular flexibility index (Phi) is 7.03. The summed E-state index contributed by atoms with van der Waals surface area (Å²) >= 11 is 0. The van der Waals surface area contributed by atoms with E-state index in [1.807, 2.05) is 0 Å². The van der Waals surface area contributed by atoms with Crippen LogP contribution < -0.4 is 4.90 Å². The van der Waals surface area contributed by atoms with Gasteiger partial charge in [0.25, 0.3) is 0 Å². The zero-order valence-electron chi connectivity index (χ0n) is 35.7. The van der Waals surface area contributed by atoms with Gasteiger partial charge < -0.3 is 9.47 Å². The molecule has 11 aromatic rings. The molecule has 0 radical (unpaired) electrons. The lowest BCUT2D eigenvalue weighted by atomic mass is 9.38. The van der Waals surface area contributed by atoms with Crippen LogP contribution in [0.15, 0.2) is 200 Å². The lowest BCUT2D eigenvalue weighted by Gasteiger charge is -2.66. The van der Waals surface area contributed by atoms with Crippen molar-refractivity contribution in [3.05, 3.63) is 206 Å². The topological polar surface area (TPSA) is 8.17 Å². The Hall–Kier alpha value is -7.16. The monoisotopic (exact) mass is 818 g/mol. The van der Waals surface area contributed by atoms with Gasteiger partial charge >= 0.3 is 0 Å². The second-order valence-corrected chi connectivity index (χ2v) is 19.8. The summed E-state index contributed by atoms with van der Waals surface area (Å²) in [7, 11) is 0. The molecule has 0 aliphatic heterocycles. The van der Waals surface area contributed by atoms with Crippen molar-refractivity contribution in [2.75, 3.05) is 4.90 Å². The number of para-hydroxylation sites is 3. The molecule has 2 unspecified atom stereocenters. The van der Waals surface area contributed by atoms with Crippen LogP contribution in [0.5, 0.6) is 0 Å². The van der Waals surface area contributed by atoms with Crippen LogP contribution in [-0.2, 0) is 5.41 Å². The fourth-order valence-electron chi connectivity index (χ4n) is 14.7. The van der Waals surface area contributed by atoms with Crippen molar-refractivity contribution in [2.45, 2.75) is 37.5 Å². The van der Waals surface area contributed by atoms with Crippen LogP contribution >= 0.6 is 0 Å². The van der Waals surface area contributed by atoms with E-state index in [0.29, 0.717) is 5.41 Å². The maximum absolute atomic E-state index is 2.61. The maximum Gasteiger partial charge on any atom is 0.0547 e. The number of nitrogens with zero attached hydrogens (tertiary/aromatic N) is 2. The predicted octanol–water partition coefficient (Wildman–Crippen LogP) is 16.6. The first-order chi connectivity index (χ1) is 31.7. The van der Waals surface area contributed by atoms with Crippen LogP contribution in [0.4, 0.5) is 17.1 Å². The van der Waals surface area contributed by atoms with E-state index in [0.717, 1.165) is 17.8 Å². The molecule has 4 saturated carbocycles. The van der Waals surface area contributed by atoms with E-state index in [-0.39, 0.29) is 5.41 Å². The second kappa shape index (κ2) is 12.7. The largest absolute Gasteiger partial charge is 0.310 e. The summed E-state index contributed by atoms with van der Waals surface area (Å²) in [5.41, 5.74) is 12.3. The van der Waals surface area contributed by atoms with E-state index in [2.05, 4.69) is 210 Å².